The summed E-state index contributed by atoms with van der Waals surface area (Å²) in [6.45, 7) is 4.20. The lowest BCUT2D eigenvalue weighted by Crippen LogP contribution is -1.98. The fourth-order valence-electron chi connectivity index (χ4n) is 3.61. The molecule has 0 amide bonds. The third-order valence-corrected chi connectivity index (χ3v) is 5.76. The summed E-state index contributed by atoms with van der Waals surface area (Å²) in [6.07, 6.45) is 2.00. The Morgan fingerprint density at radius 3 is 2.36 bits per heavy atom. The molecule has 0 saturated carbocycles. The molecule has 4 aromatic rings. The first-order chi connectivity index (χ1) is 13.6. The van der Waals surface area contributed by atoms with Gasteiger partial charge in [-0.05, 0) is 101 Å². The van der Waals surface area contributed by atoms with Gasteiger partial charge >= 0.3 is 0 Å². The fraction of sp³-hybridized carbons (Fsp3) is 0.0800. The summed E-state index contributed by atoms with van der Waals surface area (Å²) in [5.41, 5.74) is 6.11. The minimum atomic E-state index is 0.675. The van der Waals surface area contributed by atoms with Crippen LogP contribution in [0.4, 0.5) is 0 Å². The summed E-state index contributed by atoms with van der Waals surface area (Å²) in [6, 6.07) is 27.4. The summed E-state index contributed by atoms with van der Waals surface area (Å²) >= 11 is 2.32. The van der Waals surface area contributed by atoms with Gasteiger partial charge in [0, 0.05) is 20.6 Å². The Labute approximate surface area is 178 Å². The molecule has 28 heavy (non-hydrogen) atoms. The second-order valence-electron chi connectivity index (χ2n) is 6.87. The van der Waals surface area contributed by atoms with Crippen LogP contribution in [0.25, 0.3) is 28.1 Å². The zero-order valence-corrected chi connectivity index (χ0v) is 17.9. The number of nitriles is 1. The van der Waals surface area contributed by atoms with E-state index in [2.05, 4.69) is 102 Å². The molecule has 0 radical (unpaired) electrons. The van der Waals surface area contributed by atoms with Gasteiger partial charge < -0.3 is 4.57 Å². The monoisotopic (exact) mass is 474 g/mol. The standard InChI is InChI=1S/C25H19IN2/c1-17-13-22(18(2)28(17)25-11-9-24(26)10-12-25)15-23(16-27)21-8-7-19-5-3-4-6-20(19)14-21/h3-15H,1-2H3. The van der Waals surface area contributed by atoms with Gasteiger partial charge in [0.1, 0.15) is 0 Å². The van der Waals surface area contributed by atoms with E-state index in [1.807, 2.05) is 24.3 Å². The largest absolute Gasteiger partial charge is 0.318 e. The Morgan fingerprint density at radius 1 is 0.929 bits per heavy atom. The van der Waals surface area contributed by atoms with E-state index in [9.17, 15) is 5.26 Å². The van der Waals surface area contributed by atoms with E-state index >= 15 is 0 Å². The molecule has 0 aliphatic carbocycles. The van der Waals surface area contributed by atoms with E-state index in [0.29, 0.717) is 5.57 Å². The third kappa shape index (κ3) is 3.48. The molecule has 0 unspecified atom stereocenters. The number of hydrogen-bond acceptors (Lipinski definition) is 1. The predicted molar refractivity (Wildman–Crippen MR) is 125 cm³/mol. The van der Waals surface area contributed by atoms with Crippen molar-refractivity contribution in [2.75, 3.05) is 0 Å². The van der Waals surface area contributed by atoms with Gasteiger partial charge in [0.05, 0.1) is 11.6 Å². The molecule has 136 valence electrons. The van der Waals surface area contributed by atoms with Crippen molar-refractivity contribution in [2.45, 2.75) is 13.8 Å². The number of halogens is 1. The highest BCUT2D eigenvalue weighted by Crippen LogP contribution is 2.27. The van der Waals surface area contributed by atoms with Gasteiger partial charge in [0.15, 0.2) is 0 Å². The summed E-state index contributed by atoms with van der Waals surface area (Å²) < 4.78 is 3.45. The zero-order chi connectivity index (χ0) is 19.7. The van der Waals surface area contributed by atoms with Gasteiger partial charge in [-0.2, -0.15) is 5.26 Å². The molecule has 0 atom stereocenters. The van der Waals surface area contributed by atoms with Crippen molar-refractivity contribution in [3.63, 3.8) is 0 Å². The van der Waals surface area contributed by atoms with Crippen molar-refractivity contribution in [2.24, 2.45) is 0 Å². The number of aromatic nitrogens is 1. The highest BCUT2D eigenvalue weighted by molar-refractivity contribution is 14.1. The smallest absolute Gasteiger partial charge is 0.0998 e. The average Bonchev–Trinajstić information content (AvgIpc) is 2.99. The van der Waals surface area contributed by atoms with Crippen molar-refractivity contribution in [1.82, 2.24) is 4.57 Å². The molecule has 0 aliphatic rings. The minimum absolute atomic E-state index is 0.675. The topological polar surface area (TPSA) is 28.7 Å². The zero-order valence-electron chi connectivity index (χ0n) is 15.8. The molecule has 2 nitrogen and oxygen atoms in total. The molecule has 1 aromatic heterocycles. The van der Waals surface area contributed by atoms with Crippen LogP contribution in [0.2, 0.25) is 0 Å². The first-order valence-electron chi connectivity index (χ1n) is 9.12. The van der Waals surface area contributed by atoms with Crippen LogP contribution in [-0.2, 0) is 0 Å². The van der Waals surface area contributed by atoms with Crippen LogP contribution < -0.4 is 0 Å². The molecule has 3 heteroatoms. The number of fused-ring (bicyclic) bond motifs is 1. The van der Waals surface area contributed by atoms with Gasteiger partial charge in [-0.25, -0.2) is 0 Å². The first kappa shape index (κ1) is 18.5. The van der Waals surface area contributed by atoms with Crippen molar-refractivity contribution in [1.29, 1.82) is 5.26 Å². The Bertz CT molecular complexity index is 1240. The quantitative estimate of drug-likeness (QED) is 0.234. The molecule has 0 spiro atoms. The average molecular weight is 474 g/mol. The van der Waals surface area contributed by atoms with Crippen LogP contribution in [-0.4, -0.2) is 4.57 Å². The first-order valence-corrected chi connectivity index (χ1v) is 10.2. The van der Waals surface area contributed by atoms with E-state index in [1.165, 1.54) is 8.96 Å². The van der Waals surface area contributed by atoms with Crippen molar-refractivity contribution < 1.29 is 0 Å². The number of nitrogens with zero attached hydrogens (tertiary/aromatic N) is 2. The molecule has 0 aliphatic heterocycles. The number of aryl methyl sites for hydroxylation is 1. The van der Waals surface area contributed by atoms with Crippen LogP contribution in [0.3, 0.4) is 0 Å². The molecule has 0 bridgehead atoms. The second kappa shape index (κ2) is 7.65. The van der Waals surface area contributed by atoms with Gasteiger partial charge in [-0.3, -0.25) is 0 Å². The van der Waals surface area contributed by atoms with E-state index in [-0.39, 0.29) is 0 Å². The molecule has 0 fully saturated rings. The number of hydrogen-bond donors (Lipinski definition) is 0. The molecule has 0 N–H and O–H groups in total. The molecule has 3 aromatic carbocycles. The lowest BCUT2D eigenvalue weighted by atomic mass is 10.0. The fourth-order valence-corrected chi connectivity index (χ4v) is 3.97. The van der Waals surface area contributed by atoms with E-state index in [0.717, 1.165) is 33.6 Å². The Hall–Kier alpha value is -2.84. The summed E-state index contributed by atoms with van der Waals surface area (Å²) in [5.74, 6) is 0. The lowest BCUT2D eigenvalue weighted by molar-refractivity contribution is 0.964. The molecular weight excluding hydrogens is 455 g/mol. The lowest BCUT2D eigenvalue weighted by Gasteiger charge is -2.10. The maximum Gasteiger partial charge on any atom is 0.0998 e. The van der Waals surface area contributed by atoms with Crippen molar-refractivity contribution >= 4 is 45.0 Å². The van der Waals surface area contributed by atoms with E-state index in [1.54, 1.807) is 0 Å². The van der Waals surface area contributed by atoms with Crippen molar-refractivity contribution in [3.05, 3.63) is 98.9 Å². The SMILES string of the molecule is Cc1cc(C=C(C#N)c2ccc3ccccc3c2)c(C)n1-c1ccc(I)cc1. The maximum absolute atomic E-state index is 9.80. The molecule has 0 saturated heterocycles. The summed E-state index contributed by atoms with van der Waals surface area (Å²) in [7, 11) is 0. The Balaban J connectivity index is 1.79. The number of benzene rings is 3. The Kier molecular flexibility index (Phi) is 5.06. The van der Waals surface area contributed by atoms with Crippen LogP contribution in [0.5, 0.6) is 0 Å². The molecular formula is C25H19IN2. The van der Waals surface area contributed by atoms with Gasteiger partial charge in [-0.1, -0.05) is 36.4 Å². The van der Waals surface area contributed by atoms with Crippen LogP contribution in [0.1, 0.15) is 22.5 Å². The van der Waals surface area contributed by atoms with Crippen LogP contribution >= 0.6 is 22.6 Å². The van der Waals surface area contributed by atoms with E-state index < -0.39 is 0 Å². The normalized spacial score (nSPS) is 11.6. The van der Waals surface area contributed by atoms with Gasteiger partial charge in [-0.15, -0.1) is 0 Å². The molecule has 1 heterocycles. The summed E-state index contributed by atoms with van der Waals surface area (Å²) in [5, 5.41) is 12.1. The second-order valence-corrected chi connectivity index (χ2v) is 8.12. The van der Waals surface area contributed by atoms with Crippen molar-refractivity contribution in [3.8, 4) is 11.8 Å². The summed E-state index contributed by atoms with van der Waals surface area (Å²) in [4.78, 5) is 0. The van der Waals surface area contributed by atoms with Crippen LogP contribution in [0, 0.1) is 28.7 Å². The maximum atomic E-state index is 9.80. The minimum Gasteiger partial charge on any atom is -0.318 e. The number of allylic oxidation sites excluding steroid dienone is 1. The van der Waals surface area contributed by atoms with Crippen LogP contribution in [0.15, 0.2) is 72.8 Å². The van der Waals surface area contributed by atoms with Gasteiger partial charge in [0.2, 0.25) is 0 Å². The van der Waals surface area contributed by atoms with E-state index in [4.69, 9.17) is 0 Å². The highest BCUT2D eigenvalue weighted by Gasteiger charge is 2.11. The highest BCUT2D eigenvalue weighted by atomic mass is 127. The van der Waals surface area contributed by atoms with Gasteiger partial charge in [0.25, 0.3) is 0 Å². The molecule has 4 rings (SSSR count). The predicted octanol–water partition coefficient (Wildman–Crippen LogP) is 6.92. The Morgan fingerprint density at radius 2 is 1.64 bits per heavy atom. The third-order valence-electron chi connectivity index (χ3n) is 5.04. The number of rotatable bonds is 3.